The number of amides is 1. The number of rotatable bonds is 6. The summed E-state index contributed by atoms with van der Waals surface area (Å²) in [6.07, 6.45) is 1.68. The van der Waals surface area contributed by atoms with Gasteiger partial charge in [-0.2, -0.15) is 0 Å². The summed E-state index contributed by atoms with van der Waals surface area (Å²) in [5.41, 5.74) is 5.31. The van der Waals surface area contributed by atoms with Crippen molar-refractivity contribution in [2.24, 2.45) is 11.1 Å². The molecule has 0 spiro atoms. The predicted octanol–water partition coefficient (Wildman–Crippen LogP) is 2.51. The second-order valence-corrected chi connectivity index (χ2v) is 6.20. The Hall–Kier alpha value is -0.870. The number of thiophene rings is 1. The van der Waals surface area contributed by atoms with Crippen LogP contribution in [0.3, 0.4) is 0 Å². The van der Waals surface area contributed by atoms with Crippen LogP contribution in [0.4, 0.5) is 0 Å². The van der Waals surface area contributed by atoms with Crippen molar-refractivity contribution in [2.45, 2.75) is 39.7 Å². The van der Waals surface area contributed by atoms with E-state index in [-0.39, 0.29) is 11.9 Å². The van der Waals surface area contributed by atoms with Crippen molar-refractivity contribution in [1.29, 1.82) is 0 Å². The summed E-state index contributed by atoms with van der Waals surface area (Å²) in [5.74, 6) is 0.150. The van der Waals surface area contributed by atoms with Crippen LogP contribution >= 0.6 is 11.3 Å². The van der Waals surface area contributed by atoms with Crippen LogP contribution in [0.5, 0.6) is 0 Å². The minimum atomic E-state index is -0.432. The van der Waals surface area contributed by atoms with Crippen molar-refractivity contribution in [1.82, 2.24) is 4.90 Å². The molecule has 0 bridgehead atoms. The number of nitrogens with zero attached hydrogens (tertiary/aromatic N) is 1. The maximum atomic E-state index is 12.4. The van der Waals surface area contributed by atoms with Gasteiger partial charge in [0, 0.05) is 30.9 Å². The molecule has 1 heterocycles. The highest BCUT2D eigenvalue weighted by Gasteiger charge is 2.33. The van der Waals surface area contributed by atoms with Gasteiger partial charge in [-0.15, -0.1) is 11.3 Å². The standard InChI is InChI=1S/C14H24N2OS/c1-5-14(3,10-15)13(17)16(4)11(2)9-12-7-6-8-18-12/h6-8,11H,5,9-10,15H2,1-4H3. The molecule has 1 aromatic rings. The van der Waals surface area contributed by atoms with Crippen LogP contribution in [-0.4, -0.2) is 30.4 Å². The number of carbonyl (C=O) groups is 1. The van der Waals surface area contributed by atoms with Crippen LogP contribution in [0.2, 0.25) is 0 Å². The fraction of sp³-hybridized carbons (Fsp3) is 0.643. The SMILES string of the molecule is CCC(C)(CN)C(=O)N(C)C(C)Cc1cccs1. The first-order valence-electron chi connectivity index (χ1n) is 6.44. The smallest absolute Gasteiger partial charge is 0.229 e. The molecule has 3 nitrogen and oxygen atoms in total. The Bertz CT molecular complexity index is 371. The summed E-state index contributed by atoms with van der Waals surface area (Å²) in [6, 6.07) is 4.36. The maximum Gasteiger partial charge on any atom is 0.229 e. The van der Waals surface area contributed by atoms with Crippen molar-refractivity contribution in [3.63, 3.8) is 0 Å². The first-order chi connectivity index (χ1) is 8.44. The molecule has 0 saturated heterocycles. The van der Waals surface area contributed by atoms with Crippen LogP contribution in [-0.2, 0) is 11.2 Å². The third-order valence-electron chi connectivity index (χ3n) is 3.81. The summed E-state index contributed by atoms with van der Waals surface area (Å²) < 4.78 is 0. The molecule has 1 aromatic heterocycles. The van der Waals surface area contributed by atoms with Crippen molar-refractivity contribution in [3.05, 3.63) is 22.4 Å². The molecule has 2 atom stereocenters. The van der Waals surface area contributed by atoms with Crippen molar-refractivity contribution >= 4 is 17.2 Å². The van der Waals surface area contributed by atoms with Gasteiger partial charge in [0.05, 0.1) is 5.41 Å². The number of hydrogen-bond donors (Lipinski definition) is 1. The summed E-state index contributed by atoms with van der Waals surface area (Å²) in [5, 5.41) is 2.07. The molecule has 102 valence electrons. The van der Waals surface area contributed by atoms with Crippen LogP contribution < -0.4 is 5.73 Å². The fourth-order valence-electron chi connectivity index (χ4n) is 1.87. The number of carbonyl (C=O) groups excluding carboxylic acids is 1. The van der Waals surface area contributed by atoms with Crippen LogP contribution in [0.1, 0.15) is 32.1 Å². The molecule has 0 aromatic carbocycles. The molecule has 0 aliphatic carbocycles. The van der Waals surface area contributed by atoms with E-state index >= 15 is 0 Å². The highest BCUT2D eigenvalue weighted by Crippen LogP contribution is 2.24. The molecule has 0 aliphatic heterocycles. The highest BCUT2D eigenvalue weighted by atomic mass is 32.1. The van der Waals surface area contributed by atoms with E-state index in [0.29, 0.717) is 6.54 Å². The molecule has 1 rings (SSSR count). The molecule has 0 aliphatic rings. The minimum absolute atomic E-state index is 0.150. The maximum absolute atomic E-state index is 12.4. The Kier molecular flexibility index (Phi) is 5.35. The Morgan fingerprint density at radius 1 is 1.61 bits per heavy atom. The quantitative estimate of drug-likeness (QED) is 0.861. The third-order valence-corrected chi connectivity index (χ3v) is 4.70. The zero-order valence-corrected chi connectivity index (χ0v) is 12.6. The monoisotopic (exact) mass is 268 g/mol. The van der Waals surface area contributed by atoms with E-state index in [0.717, 1.165) is 12.8 Å². The predicted molar refractivity (Wildman–Crippen MR) is 77.7 cm³/mol. The van der Waals surface area contributed by atoms with Gasteiger partial charge in [-0.3, -0.25) is 4.79 Å². The Morgan fingerprint density at radius 2 is 2.28 bits per heavy atom. The van der Waals surface area contributed by atoms with Gasteiger partial charge in [0.25, 0.3) is 0 Å². The molecule has 4 heteroatoms. The van der Waals surface area contributed by atoms with Gasteiger partial charge in [0.2, 0.25) is 5.91 Å². The van der Waals surface area contributed by atoms with Gasteiger partial charge in [-0.05, 0) is 31.7 Å². The largest absolute Gasteiger partial charge is 0.342 e. The van der Waals surface area contributed by atoms with Crippen molar-refractivity contribution in [2.75, 3.05) is 13.6 Å². The molecular weight excluding hydrogens is 244 g/mol. The first kappa shape index (κ1) is 15.2. The summed E-state index contributed by atoms with van der Waals surface area (Å²) in [6.45, 7) is 6.45. The second kappa shape index (κ2) is 6.34. The molecule has 2 N–H and O–H groups in total. The molecule has 0 radical (unpaired) electrons. The Balaban J connectivity index is 2.68. The van der Waals surface area contributed by atoms with Crippen molar-refractivity contribution < 1.29 is 4.79 Å². The lowest BCUT2D eigenvalue weighted by Crippen LogP contribution is -2.48. The van der Waals surface area contributed by atoms with Gasteiger partial charge >= 0.3 is 0 Å². The van der Waals surface area contributed by atoms with Crippen LogP contribution in [0.15, 0.2) is 17.5 Å². The molecular formula is C14H24N2OS. The van der Waals surface area contributed by atoms with E-state index in [1.807, 2.05) is 31.9 Å². The van der Waals surface area contributed by atoms with Gasteiger partial charge < -0.3 is 10.6 Å². The molecule has 0 saturated carbocycles. The zero-order valence-electron chi connectivity index (χ0n) is 11.8. The highest BCUT2D eigenvalue weighted by molar-refractivity contribution is 7.09. The van der Waals surface area contributed by atoms with Gasteiger partial charge in [0.1, 0.15) is 0 Å². The van der Waals surface area contributed by atoms with Gasteiger partial charge in [-0.25, -0.2) is 0 Å². The van der Waals surface area contributed by atoms with E-state index in [1.54, 1.807) is 11.3 Å². The zero-order chi connectivity index (χ0) is 13.8. The molecule has 1 amide bonds. The van der Waals surface area contributed by atoms with E-state index in [2.05, 4.69) is 18.4 Å². The van der Waals surface area contributed by atoms with E-state index in [1.165, 1.54) is 4.88 Å². The summed E-state index contributed by atoms with van der Waals surface area (Å²) in [4.78, 5) is 15.6. The average Bonchev–Trinajstić information content (AvgIpc) is 2.88. The van der Waals surface area contributed by atoms with Gasteiger partial charge in [0.15, 0.2) is 0 Å². The molecule has 2 unspecified atom stereocenters. The first-order valence-corrected chi connectivity index (χ1v) is 7.32. The lowest BCUT2D eigenvalue weighted by atomic mass is 9.85. The second-order valence-electron chi connectivity index (χ2n) is 5.17. The molecule has 0 fully saturated rings. The third kappa shape index (κ3) is 3.33. The number of nitrogens with two attached hydrogens (primary N) is 1. The number of hydrogen-bond acceptors (Lipinski definition) is 3. The average molecular weight is 268 g/mol. The number of likely N-dealkylation sites (N-methyl/N-ethyl adjacent to an activating group) is 1. The Morgan fingerprint density at radius 3 is 2.72 bits per heavy atom. The van der Waals surface area contributed by atoms with E-state index in [4.69, 9.17) is 5.73 Å². The fourth-order valence-corrected chi connectivity index (χ4v) is 2.69. The molecule has 18 heavy (non-hydrogen) atoms. The topological polar surface area (TPSA) is 46.3 Å². The van der Waals surface area contributed by atoms with E-state index in [9.17, 15) is 4.79 Å². The van der Waals surface area contributed by atoms with Gasteiger partial charge in [-0.1, -0.05) is 13.0 Å². The minimum Gasteiger partial charge on any atom is -0.342 e. The lowest BCUT2D eigenvalue weighted by Gasteiger charge is -2.34. The normalized spacial score (nSPS) is 16.1. The van der Waals surface area contributed by atoms with Crippen molar-refractivity contribution in [3.8, 4) is 0 Å². The Labute approximate surface area is 114 Å². The van der Waals surface area contributed by atoms with Crippen LogP contribution in [0, 0.1) is 5.41 Å². The van der Waals surface area contributed by atoms with Crippen LogP contribution in [0.25, 0.3) is 0 Å². The lowest BCUT2D eigenvalue weighted by molar-refractivity contribution is -0.141. The summed E-state index contributed by atoms with van der Waals surface area (Å²) in [7, 11) is 1.88. The van der Waals surface area contributed by atoms with E-state index < -0.39 is 5.41 Å². The summed E-state index contributed by atoms with van der Waals surface area (Å²) >= 11 is 1.74.